The van der Waals surface area contributed by atoms with Gasteiger partial charge in [-0.1, -0.05) is 60.7 Å². The average Bonchev–Trinajstić information content (AvgIpc) is 2.53. The van der Waals surface area contributed by atoms with E-state index >= 15 is 0 Å². The van der Waals surface area contributed by atoms with Crippen molar-refractivity contribution < 1.29 is 13.6 Å². The molecule has 116 valence electrons. The first-order valence-electron chi connectivity index (χ1n) is 6.90. The van der Waals surface area contributed by atoms with E-state index in [1.165, 1.54) is 0 Å². The maximum absolute atomic E-state index is 12.6. The topological polar surface area (TPSA) is 57.6 Å². The molecule has 0 aromatic heterocycles. The third kappa shape index (κ3) is 3.16. The minimum Gasteiger partial charge on any atom is -0.304 e. The summed E-state index contributed by atoms with van der Waals surface area (Å²) in [5.74, 6) is -0.166. The largest absolute Gasteiger partial charge is 0.304 e. The van der Waals surface area contributed by atoms with Crippen molar-refractivity contribution in [3.8, 4) is 0 Å². The Labute approximate surface area is 133 Å². The van der Waals surface area contributed by atoms with Crippen molar-refractivity contribution in [2.45, 2.75) is 11.3 Å². The number of hydrogen-bond donors (Lipinski definition) is 1. The summed E-state index contributed by atoms with van der Waals surface area (Å²) in [6.45, 7) is 0. The molecule has 0 saturated heterocycles. The van der Waals surface area contributed by atoms with Crippen LogP contribution in [0.5, 0.6) is 0 Å². The summed E-state index contributed by atoms with van der Waals surface area (Å²) in [6.07, 6.45) is -0.0723. The Balaban J connectivity index is 2.46. The van der Waals surface area contributed by atoms with Gasteiger partial charge in [-0.25, -0.2) is 4.21 Å². The lowest BCUT2D eigenvalue weighted by Crippen LogP contribution is -2.46. The number of nitrogens with zero attached hydrogens (tertiary/aromatic N) is 1. The van der Waals surface area contributed by atoms with Crippen LogP contribution in [-0.4, -0.2) is 33.5 Å². The highest BCUT2D eigenvalue weighted by molar-refractivity contribution is 7.80. The molecule has 0 aliphatic heterocycles. The summed E-state index contributed by atoms with van der Waals surface area (Å²) in [5, 5.41) is 0. The molecule has 4 nitrogen and oxygen atoms in total. The second-order valence-electron chi connectivity index (χ2n) is 5.26. The number of Topliss-reactive ketones (excluding diaryl/α,β-unsaturated/α-hetero) is 1. The van der Waals surface area contributed by atoms with Gasteiger partial charge in [0.05, 0.1) is 0 Å². The van der Waals surface area contributed by atoms with E-state index in [1.807, 2.05) is 12.1 Å². The fourth-order valence-electron chi connectivity index (χ4n) is 2.48. The van der Waals surface area contributed by atoms with E-state index in [2.05, 4.69) is 0 Å². The second kappa shape index (κ2) is 6.96. The zero-order valence-electron chi connectivity index (χ0n) is 12.6. The number of carbonyl (C=O) groups excluding carboxylic acids is 1. The minimum absolute atomic E-state index is 0.0723. The van der Waals surface area contributed by atoms with Crippen LogP contribution in [0, 0.1) is 0 Å². The molecule has 2 aromatic carbocycles. The van der Waals surface area contributed by atoms with Crippen LogP contribution >= 0.6 is 0 Å². The quantitative estimate of drug-likeness (QED) is 0.657. The highest BCUT2D eigenvalue weighted by Crippen LogP contribution is 2.34. The van der Waals surface area contributed by atoms with Gasteiger partial charge >= 0.3 is 0 Å². The molecule has 0 radical (unpaired) electrons. The van der Waals surface area contributed by atoms with Crippen molar-refractivity contribution in [1.82, 2.24) is 4.90 Å². The van der Waals surface area contributed by atoms with Gasteiger partial charge in [-0.05, 0) is 19.7 Å². The lowest BCUT2D eigenvalue weighted by atomic mass is 9.96. The molecular formula is C17H19NO3S. The smallest absolute Gasteiger partial charge is 0.179 e. The van der Waals surface area contributed by atoms with Crippen LogP contribution in [0.1, 0.15) is 22.3 Å². The number of ketones is 1. The Bertz CT molecular complexity index is 658. The maximum atomic E-state index is 12.6. The predicted molar refractivity (Wildman–Crippen MR) is 88.0 cm³/mol. The number of carbonyl (C=O) groups is 1. The van der Waals surface area contributed by atoms with Crippen molar-refractivity contribution in [2.75, 3.05) is 14.1 Å². The van der Waals surface area contributed by atoms with E-state index in [1.54, 1.807) is 67.5 Å². The summed E-state index contributed by atoms with van der Waals surface area (Å²) >= 11 is -2.23. The van der Waals surface area contributed by atoms with Crippen LogP contribution < -0.4 is 0 Å². The highest BCUT2D eigenvalue weighted by Gasteiger charge is 2.43. The lowest BCUT2D eigenvalue weighted by molar-refractivity contribution is 0.0917. The van der Waals surface area contributed by atoms with E-state index < -0.39 is 16.0 Å². The van der Waals surface area contributed by atoms with Crippen LogP contribution in [0.25, 0.3) is 0 Å². The van der Waals surface area contributed by atoms with Crippen molar-refractivity contribution >= 4 is 16.9 Å². The molecule has 0 aliphatic rings. The second-order valence-corrected chi connectivity index (χ2v) is 6.43. The van der Waals surface area contributed by atoms with E-state index in [4.69, 9.17) is 0 Å². The molecule has 0 aliphatic carbocycles. The van der Waals surface area contributed by atoms with Gasteiger partial charge in [-0.2, -0.15) is 0 Å². The Morgan fingerprint density at radius 2 is 1.55 bits per heavy atom. The predicted octanol–water partition coefficient (Wildman–Crippen LogP) is 2.90. The van der Waals surface area contributed by atoms with Crippen molar-refractivity contribution in [3.05, 3.63) is 71.8 Å². The Kier molecular flexibility index (Phi) is 5.24. The Morgan fingerprint density at radius 3 is 2.00 bits per heavy atom. The molecule has 0 bridgehead atoms. The molecule has 2 aromatic rings. The van der Waals surface area contributed by atoms with Crippen molar-refractivity contribution in [3.63, 3.8) is 0 Å². The van der Waals surface area contributed by atoms with E-state index in [-0.39, 0.29) is 12.2 Å². The van der Waals surface area contributed by atoms with Crippen LogP contribution in [0.15, 0.2) is 60.7 Å². The van der Waals surface area contributed by atoms with Crippen LogP contribution in [-0.2, 0) is 16.0 Å². The summed E-state index contributed by atoms with van der Waals surface area (Å²) in [6, 6.07) is 17.8. The van der Waals surface area contributed by atoms with Crippen LogP contribution in [0.2, 0.25) is 0 Å². The highest BCUT2D eigenvalue weighted by atomic mass is 32.2. The molecule has 0 spiro atoms. The standard InChI is InChI=1S/C17H19NO3S/c1-18(2)17(22(20)21,15-11-7-4-8-12-15)13-16(19)14-9-5-3-6-10-14/h3-12H,13H2,1-2H3,(H,20,21). The molecule has 2 unspecified atom stereocenters. The minimum atomic E-state index is -2.23. The molecule has 1 N–H and O–H groups in total. The number of benzene rings is 2. The molecule has 0 heterocycles. The Hall–Kier alpha value is -1.82. The third-order valence-corrected chi connectivity index (χ3v) is 5.06. The van der Waals surface area contributed by atoms with Crippen molar-refractivity contribution in [1.29, 1.82) is 0 Å². The fraction of sp³-hybridized carbons (Fsp3) is 0.235. The molecule has 22 heavy (non-hydrogen) atoms. The van der Waals surface area contributed by atoms with Gasteiger partial charge in [0, 0.05) is 12.0 Å². The van der Waals surface area contributed by atoms with Gasteiger partial charge in [0.15, 0.2) is 21.7 Å². The summed E-state index contributed by atoms with van der Waals surface area (Å²) in [4.78, 5) is 12.9. The maximum Gasteiger partial charge on any atom is 0.179 e. The van der Waals surface area contributed by atoms with Gasteiger partial charge in [-0.15, -0.1) is 0 Å². The van der Waals surface area contributed by atoms with Crippen LogP contribution in [0.4, 0.5) is 0 Å². The van der Waals surface area contributed by atoms with Crippen LogP contribution in [0.3, 0.4) is 0 Å². The number of hydrogen-bond acceptors (Lipinski definition) is 3. The fourth-order valence-corrected chi connectivity index (χ4v) is 3.38. The van der Waals surface area contributed by atoms with Gasteiger partial charge in [0.25, 0.3) is 0 Å². The van der Waals surface area contributed by atoms with E-state index in [0.29, 0.717) is 11.1 Å². The normalized spacial score (nSPS) is 15.3. The zero-order valence-corrected chi connectivity index (χ0v) is 13.4. The molecule has 2 rings (SSSR count). The Morgan fingerprint density at radius 1 is 1.05 bits per heavy atom. The monoisotopic (exact) mass is 317 g/mol. The van der Waals surface area contributed by atoms with E-state index in [9.17, 15) is 13.6 Å². The molecular weight excluding hydrogens is 298 g/mol. The van der Waals surface area contributed by atoms with Gasteiger partial charge in [0.2, 0.25) is 0 Å². The lowest BCUT2D eigenvalue weighted by Gasteiger charge is -2.36. The SMILES string of the molecule is CN(C)C(CC(=O)c1ccccc1)(c1ccccc1)S(=O)O. The van der Waals surface area contributed by atoms with E-state index in [0.717, 1.165) is 0 Å². The summed E-state index contributed by atoms with van der Waals surface area (Å²) < 4.78 is 22.1. The van der Waals surface area contributed by atoms with Gasteiger partial charge in [0.1, 0.15) is 0 Å². The molecule has 5 heteroatoms. The third-order valence-electron chi connectivity index (χ3n) is 3.73. The summed E-state index contributed by atoms with van der Waals surface area (Å²) in [5.41, 5.74) is 1.18. The van der Waals surface area contributed by atoms with Gasteiger partial charge < -0.3 is 4.55 Å². The molecule has 0 amide bonds. The first-order chi connectivity index (χ1) is 10.5. The first-order valence-corrected chi connectivity index (χ1v) is 8.01. The molecule has 2 atom stereocenters. The average molecular weight is 317 g/mol. The zero-order chi connectivity index (χ0) is 16.2. The van der Waals surface area contributed by atoms with Crippen molar-refractivity contribution in [2.24, 2.45) is 0 Å². The number of rotatable bonds is 6. The van der Waals surface area contributed by atoms with Gasteiger partial charge in [-0.3, -0.25) is 9.69 Å². The molecule has 0 fully saturated rings. The summed E-state index contributed by atoms with van der Waals surface area (Å²) in [7, 11) is 3.42. The molecule has 0 saturated carbocycles. The first kappa shape index (κ1) is 16.5.